The van der Waals surface area contributed by atoms with Gasteiger partial charge >= 0.3 is 5.89 Å². The van der Waals surface area contributed by atoms with E-state index in [4.69, 9.17) is 9.15 Å². The van der Waals surface area contributed by atoms with Crippen LogP contribution in [0.25, 0.3) is 28.3 Å². The van der Waals surface area contributed by atoms with Gasteiger partial charge in [-0.05, 0) is 60.2 Å². The largest absolute Gasteiger partial charge is 0.748 e. The lowest BCUT2D eigenvalue weighted by Gasteiger charge is -2.19. The number of oxazole rings is 1. The van der Waals surface area contributed by atoms with Crippen LogP contribution in [0.1, 0.15) is 37.6 Å². The lowest BCUT2D eigenvalue weighted by atomic mass is 10.1. The van der Waals surface area contributed by atoms with Crippen LogP contribution in [0.4, 0.5) is 5.69 Å². The van der Waals surface area contributed by atoms with Crippen LogP contribution in [0.5, 0.6) is 5.75 Å². The number of hydrogen-bond acceptors (Lipinski definition) is 8. The fourth-order valence-corrected chi connectivity index (χ4v) is 6.14. The van der Waals surface area contributed by atoms with Crippen LogP contribution < -0.4 is 14.2 Å². The Morgan fingerprint density at radius 1 is 0.977 bits per heavy atom. The molecule has 1 aliphatic heterocycles. The summed E-state index contributed by atoms with van der Waals surface area (Å²) in [6.07, 6.45) is 4.60. The second-order valence-electron chi connectivity index (χ2n) is 10.7. The summed E-state index contributed by atoms with van der Waals surface area (Å²) in [7, 11) is -8.50. The molecule has 1 N–H and O–H groups in total. The van der Waals surface area contributed by atoms with Crippen molar-refractivity contribution in [2.75, 3.05) is 23.0 Å². The van der Waals surface area contributed by atoms with E-state index < -0.39 is 31.7 Å². The number of rotatable bonds is 12. The molecule has 0 fully saturated rings. The zero-order valence-corrected chi connectivity index (χ0v) is 26.1. The minimum Gasteiger partial charge on any atom is -0.748 e. The number of hydrogen-bond donors (Lipinski definition) is 1. The summed E-state index contributed by atoms with van der Waals surface area (Å²) in [5.41, 5.74) is 6.00. The Labute approximate surface area is 257 Å². The van der Waals surface area contributed by atoms with Gasteiger partial charge in [-0.15, -0.1) is 0 Å². The third-order valence-electron chi connectivity index (χ3n) is 7.31. The predicted octanol–water partition coefficient (Wildman–Crippen LogP) is 5.44. The Morgan fingerprint density at radius 3 is 2.45 bits per heavy atom. The van der Waals surface area contributed by atoms with Crippen molar-refractivity contribution in [2.45, 2.75) is 39.7 Å². The van der Waals surface area contributed by atoms with Gasteiger partial charge in [0, 0.05) is 30.9 Å². The first kappa shape index (κ1) is 31.5. The van der Waals surface area contributed by atoms with Crippen molar-refractivity contribution < 1.29 is 39.7 Å². The highest BCUT2D eigenvalue weighted by molar-refractivity contribution is 7.85. The smallest absolute Gasteiger partial charge is 0.374 e. The van der Waals surface area contributed by atoms with E-state index in [1.165, 1.54) is 0 Å². The predicted molar refractivity (Wildman–Crippen MR) is 168 cm³/mol. The van der Waals surface area contributed by atoms with Gasteiger partial charge in [-0.1, -0.05) is 49.4 Å². The summed E-state index contributed by atoms with van der Waals surface area (Å²) in [5, 5.41) is 0. The molecule has 2 heterocycles. The summed E-state index contributed by atoms with van der Waals surface area (Å²) < 4.78 is 80.4. The summed E-state index contributed by atoms with van der Waals surface area (Å²) in [6, 6.07) is 21.4. The van der Waals surface area contributed by atoms with Crippen molar-refractivity contribution in [1.29, 1.82) is 0 Å². The molecule has 10 nitrogen and oxygen atoms in total. The monoisotopic (exact) mass is 638 g/mol. The van der Waals surface area contributed by atoms with Gasteiger partial charge in [0.25, 0.3) is 15.6 Å². The fourth-order valence-electron chi connectivity index (χ4n) is 5.17. The Bertz CT molecular complexity index is 1950. The summed E-state index contributed by atoms with van der Waals surface area (Å²) >= 11 is 0. The van der Waals surface area contributed by atoms with Gasteiger partial charge < -0.3 is 18.6 Å². The fraction of sp³-hybridized carbons (Fsp3) is 0.281. The number of benzene rings is 3. The number of fused-ring (bicyclic) bond motifs is 2. The van der Waals surface area contributed by atoms with Gasteiger partial charge in [0.05, 0.1) is 27.6 Å². The minimum absolute atomic E-state index is 0.131. The maximum atomic E-state index is 11.5. The Balaban J connectivity index is 1.54. The average molecular weight is 639 g/mol. The molecule has 5 rings (SSSR count). The molecule has 0 bridgehead atoms. The quantitative estimate of drug-likeness (QED) is 0.159. The van der Waals surface area contributed by atoms with Crippen LogP contribution in [0, 0.1) is 6.92 Å². The average Bonchev–Trinajstić information content (AvgIpc) is 3.48. The molecule has 44 heavy (non-hydrogen) atoms. The van der Waals surface area contributed by atoms with E-state index in [2.05, 4.69) is 0 Å². The third kappa shape index (κ3) is 7.75. The number of aromatic nitrogens is 1. The van der Waals surface area contributed by atoms with Crippen LogP contribution in [-0.2, 0) is 26.8 Å². The van der Waals surface area contributed by atoms with E-state index in [0.29, 0.717) is 29.5 Å². The van der Waals surface area contributed by atoms with Crippen LogP contribution in [-0.4, -0.2) is 44.0 Å². The molecule has 1 aromatic heterocycles. The highest BCUT2D eigenvalue weighted by atomic mass is 32.2. The molecule has 232 valence electrons. The first-order chi connectivity index (χ1) is 20.9. The van der Waals surface area contributed by atoms with E-state index in [9.17, 15) is 25.9 Å². The first-order valence-electron chi connectivity index (χ1n) is 14.3. The van der Waals surface area contributed by atoms with E-state index in [1.807, 2.05) is 102 Å². The molecular formula is C32H34N2O8S2. The molecule has 0 radical (unpaired) electrons. The Hall–Kier alpha value is -3.97. The van der Waals surface area contributed by atoms with Crippen molar-refractivity contribution in [3.8, 4) is 16.9 Å². The summed E-state index contributed by atoms with van der Waals surface area (Å²) in [4.78, 5) is 1.86. The molecule has 0 saturated carbocycles. The summed E-state index contributed by atoms with van der Waals surface area (Å²) in [6.45, 7) is 4.47. The van der Waals surface area contributed by atoms with E-state index >= 15 is 0 Å². The Kier molecular flexibility index (Phi) is 9.26. The number of anilines is 1. The van der Waals surface area contributed by atoms with Crippen LogP contribution in [0.15, 0.2) is 88.7 Å². The molecule has 3 aromatic carbocycles. The topological polar surface area (TPSA) is 141 Å². The molecule has 12 heteroatoms. The molecule has 0 atom stereocenters. The zero-order valence-electron chi connectivity index (χ0n) is 24.5. The molecular weight excluding hydrogens is 604 g/mol. The van der Waals surface area contributed by atoms with Crippen LogP contribution in [0.2, 0.25) is 0 Å². The minimum atomic E-state index is -4.36. The van der Waals surface area contributed by atoms with Gasteiger partial charge in [-0.25, -0.2) is 8.42 Å². The molecule has 0 spiro atoms. The molecule has 4 aromatic rings. The van der Waals surface area contributed by atoms with Gasteiger partial charge in [0.15, 0.2) is 12.3 Å². The standard InChI is InChI=1S/C32H34N2O8S2/c1-3-24(20-31-33(15-7-17-43(35,36)37)27-19-23(2)11-13-29(27)41-31)21-32-34(16-8-18-44(38,39)40)28-22-26(12-14-30(28)42-32)25-9-5-4-6-10-25/h4-6,9-14,19-22H,3,7-8,15-18H2,1-2H3,(H-,35,36,37,38,39,40). The zero-order chi connectivity index (χ0) is 31.5. The van der Waals surface area contributed by atoms with Crippen LogP contribution >= 0.6 is 0 Å². The third-order valence-corrected chi connectivity index (χ3v) is 8.90. The second kappa shape index (κ2) is 12.9. The first-order valence-corrected chi connectivity index (χ1v) is 17.5. The van der Waals surface area contributed by atoms with Gasteiger partial charge in [-0.2, -0.15) is 13.0 Å². The molecule has 0 amide bonds. The lowest BCUT2D eigenvalue weighted by molar-refractivity contribution is -0.677. The van der Waals surface area contributed by atoms with Crippen molar-refractivity contribution in [2.24, 2.45) is 0 Å². The van der Waals surface area contributed by atoms with Gasteiger partial charge in [0.1, 0.15) is 0 Å². The maximum absolute atomic E-state index is 11.5. The lowest BCUT2D eigenvalue weighted by Crippen LogP contribution is -2.36. The molecule has 0 saturated heterocycles. The highest BCUT2D eigenvalue weighted by Gasteiger charge is 2.27. The van der Waals surface area contributed by atoms with E-state index in [0.717, 1.165) is 33.5 Å². The number of ether oxygens (including phenoxy) is 1. The van der Waals surface area contributed by atoms with Crippen molar-refractivity contribution in [3.05, 3.63) is 95.7 Å². The van der Waals surface area contributed by atoms with Crippen molar-refractivity contribution >= 4 is 43.1 Å². The Morgan fingerprint density at radius 2 is 1.75 bits per heavy atom. The normalized spacial score (nSPS) is 14.8. The molecule has 0 aliphatic carbocycles. The summed E-state index contributed by atoms with van der Waals surface area (Å²) in [5.74, 6) is 0.729. The van der Waals surface area contributed by atoms with Crippen LogP contribution in [0.3, 0.4) is 0 Å². The van der Waals surface area contributed by atoms with E-state index in [1.54, 1.807) is 0 Å². The number of aryl methyl sites for hydroxylation is 2. The molecule has 0 unspecified atom stereocenters. The van der Waals surface area contributed by atoms with Gasteiger partial charge in [-0.3, -0.25) is 4.55 Å². The second-order valence-corrected chi connectivity index (χ2v) is 13.8. The van der Waals surface area contributed by atoms with Gasteiger partial charge in [0.2, 0.25) is 11.5 Å². The number of allylic oxidation sites excluding steroid dienone is 2. The maximum Gasteiger partial charge on any atom is 0.374 e. The SMILES string of the molecule is CCC(=C/c1oc2ccc(-c3ccccc3)cc2[n+]1CCCS(=O)(=O)O)/C=C1\Oc2ccc(C)cc2N1CCCS(=O)(=O)[O-]. The molecule has 1 aliphatic rings. The van der Waals surface area contributed by atoms with Crippen molar-refractivity contribution in [3.63, 3.8) is 0 Å². The van der Waals surface area contributed by atoms with Crippen molar-refractivity contribution in [1.82, 2.24) is 0 Å². The van der Waals surface area contributed by atoms with E-state index in [-0.39, 0.29) is 25.9 Å². The highest BCUT2D eigenvalue weighted by Crippen LogP contribution is 2.40. The number of nitrogens with zero attached hydrogens (tertiary/aromatic N) is 2.